The van der Waals surface area contributed by atoms with Gasteiger partial charge in [-0.1, -0.05) is 31.4 Å². The molecule has 1 aromatic carbocycles. The average molecular weight is 315 g/mol. The van der Waals surface area contributed by atoms with E-state index in [4.69, 9.17) is 23.8 Å². The molecule has 1 saturated heterocycles. The van der Waals surface area contributed by atoms with Crippen LogP contribution >= 0.6 is 23.8 Å². The third-order valence-electron chi connectivity index (χ3n) is 3.78. The van der Waals surface area contributed by atoms with E-state index in [1.165, 1.54) is 31.7 Å². The Hall–Kier alpha value is -0.870. The topological polar surface area (TPSA) is 15.3 Å². The first-order valence-corrected chi connectivity index (χ1v) is 7.93. The number of nitrogens with zero attached hydrogens (tertiary/aromatic N) is 1. The van der Waals surface area contributed by atoms with Gasteiger partial charge >= 0.3 is 0 Å². The standard InChI is InChI=1S/C15H20ClFN2S/c1-2-12-6-4-3-5-9-19(12)15(20)18-11-7-8-14(17)13(16)10-11/h7-8,10,12H,2-6,9H2,1H3,(H,18,20). The average Bonchev–Trinajstić information content (AvgIpc) is 2.68. The molecule has 0 aromatic heterocycles. The summed E-state index contributed by atoms with van der Waals surface area (Å²) in [5.74, 6) is -0.413. The van der Waals surface area contributed by atoms with Gasteiger partial charge in [0.1, 0.15) is 5.82 Å². The molecular formula is C15H20ClFN2S. The Balaban J connectivity index is 2.07. The van der Waals surface area contributed by atoms with E-state index in [1.807, 2.05) is 0 Å². The third-order valence-corrected chi connectivity index (χ3v) is 4.41. The van der Waals surface area contributed by atoms with Crippen molar-refractivity contribution < 1.29 is 4.39 Å². The van der Waals surface area contributed by atoms with Gasteiger partial charge in [-0.3, -0.25) is 0 Å². The highest BCUT2D eigenvalue weighted by atomic mass is 35.5. The number of hydrogen-bond acceptors (Lipinski definition) is 1. The van der Waals surface area contributed by atoms with Crippen LogP contribution in [0.25, 0.3) is 0 Å². The zero-order chi connectivity index (χ0) is 14.5. The van der Waals surface area contributed by atoms with Gasteiger partial charge < -0.3 is 10.2 Å². The molecule has 2 rings (SSSR count). The van der Waals surface area contributed by atoms with Gasteiger partial charge in [-0.15, -0.1) is 0 Å². The van der Waals surface area contributed by atoms with E-state index in [-0.39, 0.29) is 5.02 Å². The minimum absolute atomic E-state index is 0.112. The highest BCUT2D eigenvalue weighted by Gasteiger charge is 2.21. The molecule has 1 unspecified atom stereocenters. The second-order valence-corrected chi connectivity index (χ2v) is 5.96. The van der Waals surface area contributed by atoms with Crippen LogP contribution in [-0.4, -0.2) is 22.6 Å². The number of rotatable bonds is 2. The van der Waals surface area contributed by atoms with Gasteiger partial charge in [0.25, 0.3) is 0 Å². The molecule has 20 heavy (non-hydrogen) atoms. The number of thiocarbonyl (C=S) groups is 1. The first-order chi connectivity index (χ1) is 9.61. The van der Waals surface area contributed by atoms with Crippen molar-refractivity contribution in [1.29, 1.82) is 0 Å². The van der Waals surface area contributed by atoms with Crippen LogP contribution in [0.4, 0.5) is 10.1 Å². The fraction of sp³-hybridized carbons (Fsp3) is 0.533. The Morgan fingerprint density at radius 3 is 2.95 bits per heavy atom. The maximum atomic E-state index is 13.2. The summed E-state index contributed by atoms with van der Waals surface area (Å²) in [6.45, 7) is 3.18. The van der Waals surface area contributed by atoms with Gasteiger partial charge in [0, 0.05) is 18.3 Å². The quantitative estimate of drug-likeness (QED) is 0.787. The van der Waals surface area contributed by atoms with Gasteiger partial charge in [-0.05, 0) is 49.7 Å². The van der Waals surface area contributed by atoms with Crippen LogP contribution in [-0.2, 0) is 0 Å². The maximum Gasteiger partial charge on any atom is 0.173 e. The smallest absolute Gasteiger partial charge is 0.173 e. The molecular weight excluding hydrogens is 295 g/mol. The molecule has 5 heteroatoms. The summed E-state index contributed by atoms with van der Waals surface area (Å²) in [4.78, 5) is 2.26. The minimum atomic E-state index is -0.413. The second-order valence-electron chi connectivity index (χ2n) is 5.16. The van der Waals surface area contributed by atoms with Crippen molar-refractivity contribution in [2.75, 3.05) is 11.9 Å². The number of nitrogens with one attached hydrogen (secondary N) is 1. The normalized spacial score (nSPS) is 19.6. The highest BCUT2D eigenvalue weighted by Crippen LogP contribution is 2.23. The number of benzene rings is 1. The van der Waals surface area contributed by atoms with E-state index in [9.17, 15) is 4.39 Å². The fourth-order valence-corrected chi connectivity index (χ4v) is 3.18. The molecule has 0 bridgehead atoms. The molecule has 0 spiro atoms. The van der Waals surface area contributed by atoms with Crippen LogP contribution in [0.15, 0.2) is 18.2 Å². The van der Waals surface area contributed by atoms with Crippen LogP contribution in [0.3, 0.4) is 0 Å². The first-order valence-electron chi connectivity index (χ1n) is 7.14. The molecule has 0 amide bonds. The van der Waals surface area contributed by atoms with E-state index in [0.29, 0.717) is 11.2 Å². The molecule has 2 nitrogen and oxygen atoms in total. The van der Waals surface area contributed by atoms with Gasteiger partial charge in [-0.25, -0.2) is 4.39 Å². The lowest BCUT2D eigenvalue weighted by molar-refractivity contribution is 0.311. The van der Waals surface area contributed by atoms with Crippen molar-refractivity contribution >= 4 is 34.6 Å². The Morgan fingerprint density at radius 1 is 1.45 bits per heavy atom. The fourth-order valence-electron chi connectivity index (χ4n) is 2.64. The predicted octanol–water partition coefficient (Wildman–Crippen LogP) is 4.83. The van der Waals surface area contributed by atoms with Crippen LogP contribution in [0, 0.1) is 5.82 Å². The molecule has 1 fully saturated rings. The molecule has 1 N–H and O–H groups in total. The minimum Gasteiger partial charge on any atom is -0.346 e. The van der Waals surface area contributed by atoms with Crippen molar-refractivity contribution in [2.24, 2.45) is 0 Å². The van der Waals surface area contributed by atoms with Crippen molar-refractivity contribution in [2.45, 2.75) is 45.1 Å². The largest absolute Gasteiger partial charge is 0.346 e. The van der Waals surface area contributed by atoms with E-state index < -0.39 is 5.82 Å². The van der Waals surface area contributed by atoms with Gasteiger partial charge in [0.2, 0.25) is 0 Å². The molecule has 1 aliphatic heterocycles. The van der Waals surface area contributed by atoms with Crippen molar-refractivity contribution in [3.63, 3.8) is 0 Å². The summed E-state index contributed by atoms with van der Waals surface area (Å²) in [6.07, 6.45) is 5.97. The molecule has 0 saturated carbocycles. The number of hydrogen-bond donors (Lipinski definition) is 1. The molecule has 1 heterocycles. The van der Waals surface area contributed by atoms with Crippen molar-refractivity contribution in [1.82, 2.24) is 4.90 Å². The van der Waals surface area contributed by atoms with Gasteiger partial charge in [0.05, 0.1) is 5.02 Å². The summed E-state index contributed by atoms with van der Waals surface area (Å²) in [6, 6.07) is 5.08. The van der Waals surface area contributed by atoms with Crippen LogP contribution in [0.2, 0.25) is 5.02 Å². The van der Waals surface area contributed by atoms with Gasteiger partial charge in [0.15, 0.2) is 5.11 Å². The van der Waals surface area contributed by atoms with E-state index in [2.05, 4.69) is 17.1 Å². The lowest BCUT2D eigenvalue weighted by Crippen LogP contribution is -2.42. The van der Waals surface area contributed by atoms with Crippen molar-refractivity contribution in [3.8, 4) is 0 Å². The highest BCUT2D eigenvalue weighted by molar-refractivity contribution is 7.80. The van der Waals surface area contributed by atoms with Crippen LogP contribution in [0.5, 0.6) is 0 Å². The Labute approximate surface area is 130 Å². The Kier molecular flexibility index (Phi) is 5.61. The summed E-state index contributed by atoms with van der Waals surface area (Å²) in [5.41, 5.74) is 0.737. The Morgan fingerprint density at radius 2 is 2.25 bits per heavy atom. The monoisotopic (exact) mass is 314 g/mol. The zero-order valence-corrected chi connectivity index (χ0v) is 13.2. The van der Waals surface area contributed by atoms with Crippen LogP contribution < -0.4 is 5.32 Å². The summed E-state index contributed by atoms with van der Waals surface area (Å²) < 4.78 is 13.2. The number of anilines is 1. The lowest BCUT2D eigenvalue weighted by Gasteiger charge is -2.32. The molecule has 1 aromatic rings. The van der Waals surface area contributed by atoms with Crippen LogP contribution in [0.1, 0.15) is 39.0 Å². The zero-order valence-electron chi connectivity index (χ0n) is 11.7. The van der Waals surface area contributed by atoms with Crippen molar-refractivity contribution in [3.05, 3.63) is 29.0 Å². The SMILES string of the molecule is CCC1CCCCCN1C(=S)Nc1ccc(F)c(Cl)c1. The van der Waals surface area contributed by atoms with Gasteiger partial charge in [-0.2, -0.15) is 0 Å². The summed E-state index contributed by atoms with van der Waals surface area (Å²) in [5, 5.41) is 4.00. The predicted molar refractivity (Wildman–Crippen MR) is 86.9 cm³/mol. The Bertz CT molecular complexity index is 481. The van der Waals surface area contributed by atoms with E-state index >= 15 is 0 Å². The molecule has 0 radical (unpaired) electrons. The summed E-state index contributed by atoms with van der Waals surface area (Å²) >= 11 is 11.3. The van der Waals surface area contributed by atoms with E-state index in [1.54, 1.807) is 12.1 Å². The van der Waals surface area contributed by atoms with E-state index in [0.717, 1.165) is 18.7 Å². The number of halogens is 2. The third kappa shape index (κ3) is 3.83. The second kappa shape index (κ2) is 7.23. The first kappa shape index (κ1) is 15.5. The lowest BCUT2D eigenvalue weighted by atomic mass is 10.1. The number of likely N-dealkylation sites (tertiary alicyclic amines) is 1. The molecule has 1 atom stereocenters. The summed E-state index contributed by atoms with van der Waals surface area (Å²) in [7, 11) is 0. The molecule has 110 valence electrons. The molecule has 0 aliphatic carbocycles. The maximum absolute atomic E-state index is 13.2. The molecule has 1 aliphatic rings.